The third-order valence-electron chi connectivity index (χ3n) is 2.40. The first kappa shape index (κ1) is 16.5. The van der Waals surface area contributed by atoms with Gasteiger partial charge in [-0.05, 0) is 31.0 Å². The molecule has 0 saturated carbocycles. The van der Waals surface area contributed by atoms with E-state index in [1.54, 1.807) is 19.1 Å². The average molecular weight is 343 g/mol. The van der Waals surface area contributed by atoms with E-state index in [-0.39, 0.29) is 11.8 Å². The minimum Gasteiger partial charge on any atom is -0.481 e. The topological polar surface area (TPSA) is 67.4 Å². The van der Waals surface area contributed by atoms with Crippen molar-refractivity contribution in [3.8, 4) is 5.75 Å². The van der Waals surface area contributed by atoms with Crippen LogP contribution in [0.1, 0.15) is 27.2 Å². The number of carbonyl (C=O) groups excluding carboxylic acids is 2. The zero-order chi connectivity index (χ0) is 15.1. The third kappa shape index (κ3) is 6.06. The fourth-order valence-electron chi connectivity index (χ4n) is 1.45. The second kappa shape index (κ2) is 7.89. The quantitative estimate of drug-likeness (QED) is 0.807. The number of halogens is 1. The predicted octanol–water partition coefficient (Wildman–Crippen LogP) is 2.41. The molecule has 0 radical (unpaired) electrons. The molecule has 0 aliphatic heterocycles. The van der Waals surface area contributed by atoms with Gasteiger partial charge in [-0.2, -0.15) is 0 Å². The van der Waals surface area contributed by atoms with Crippen LogP contribution in [0.2, 0.25) is 0 Å². The summed E-state index contributed by atoms with van der Waals surface area (Å²) in [5.41, 5.74) is 4.71. The zero-order valence-corrected chi connectivity index (χ0v) is 13.4. The van der Waals surface area contributed by atoms with Gasteiger partial charge in [0, 0.05) is 10.9 Å². The summed E-state index contributed by atoms with van der Waals surface area (Å²) in [7, 11) is 0. The van der Waals surface area contributed by atoms with Crippen LogP contribution in [0.3, 0.4) is 0 Å². The molecular weight excluding hydrogens is 324 g/mol. The van der Waals surface area contributed by atoms with Crippen molar-refractivity contribution in [1.82, 2.24) is 10.9 Å². The number of ether oxygens (including phenoxy) is 1. The van der Waals surface area contributed by atoms with Gasteiger partial charge in [0.15, 0.2) is 6.10 Å². The highest BCUT2D eigenvalue weighted by molar-refractivity contribution is 9.10. The lowest BCUT2D eigenvalue weighted by Gasteiger charge is -2.15. The van der Waals surface area contributed by atoms with Crippen molar-refractivity contribution in [2.24, 2.45) is 5.92 Å². The van der Waals surface area contributed by atoms with E-state index in [2.05, 4.69) is 26.8 Å². The Hall–Kier alpha value is -1.56. The molecule has 0 spiro atoms. The molecule has 0 bridgehead atoms. The maximum Gasteiger partial charge on any atom is 0.279 e. The van der Waals surface area contributed by atoms with Gasteiger partial charge in [0.2, 0.25) is 5.91 Å². The van der Waals surface area contributed by atoms with E-state index in [1.165, 1.54) is 0 Å². The first-order valence-electron chi connectivity index (χ1n) is 6.39. The Balaban J connectivity index is 2.41. The van der Waals surface area contributed by atoms with Gasteiger partial charge < -0.3 is 4.74 Å². The molecule has 1 aromatic rings. The maximum atomic E-state index is 11.8. The summed E-state index contributed by atoms with van der Waals surface area (Å²) in [6.45, 7) is 5.48. The van der Waals surface area contributed by atoms with Crippen molar-refractivity contribution in [3.63, 3.8) is 0 Å². The molecule has 6 heteroatoms. The Bertz CT molecular complexity index is 477. The van der Waals surface area contributed by atoms with E-state index >= 15 is 0 Å². The Morgan fingerprint density at radius 3 is 2.55 bits per heavy atom. The van der Waals surface area contributed by atoms with Gasteiger partial charge in [0.25, 0.3) is 5.91 Å². The van der Waals surface area contributed by atoms with Crippen LogP contribution in [0.4, 0.5) is 0 Å². The number of hydrogen-bond donors (Lipinski definition) is 2. The molecule has 2 N–H and O–H groups in total. The number of nitrogens with one attached hydrogen (secondary N) is 2. The van der Waals surface area contributed by atoms with E-state index in [4.69, 9.17) is 4.74 Å². The first-order valence-corrected chi connectivity index (χ1v) is 7.18. The number of hydrazine groups is 1. The molecule has 0 aliphatic rings. The van der Waals surface area contributed by atoms with Gasteiger partial charge in [0.05, 0.1) is 0 Å². The molecular formula is C14H19BrN2O3. The van der Waals surface area contributed by atoms with E-state index in [0.717, 1.165) is 4.47 Å². The van der Waals surface area contributed by atoms with Crippen LogP contribution < -0.4 is 15.6 Å². The summed E-state index contributed by atoms with van der Waals surface area (Å²) in [5.74, 6) is 0.197. The Morgan fingerprint density at radius 2 is 1.95 bits per heavy atom. The first-order chi connectivity index (χ1) is 9.38. The Kier molecular flexibility index (Phi) is 6.51. The van der Waals surface area contributed by atoms with Gasteiger partial charge in [-0.25, -0.2) is 0 Å². The summed E-state index contributed by atoms with van der Waals surface area (Å²) in [6, 6.07) is 7.20. The van der Waals surface area contributed by atoms with Crippen LogP contribution in [0.25, 0.3) is 0 Å². The molecule has 2 amide bonds. The Morgan fingerprint density at radius 1 is 1.25 bits per heavy atom. The highest BCUT2D eigenvalue weighted by Gasteiger charge is 2.15. The van der Waals surface area contributed by atoms with Crippen molar-refractivity contribution in [2.75, 3.05) is 0 Å². The van der Waals surface area contributed by atoms with E-state index in [9.17, 15) is 9.59 Å². The van der Waals surface area contributed by atoms with Gasteiger partial charge in [-0.1, -0.05) is 35.8 Å². The number of benzene rings is 1. The summed E-state index contributed by atoms with van der Waals surface area (Å²) in [4.78, 5) is 23.2. The SMILES string of the molecule is CC(C)CC(=O)NNC(=O)[C@@H](C)Oc1cccc(Br)c1. The largest absolute Gasteiger partial charge is 0.481 e. The van der Waals surface area contributed by atoms with E-state index < -0.39 is 12.0 Å². The van der Waals surface area contributed by atoms with Crippen molar-refractivity contribution in [1.29, 1.82) is 0 Å². The fourth-order valence-corrected chi connectivity index (χ4v) is 1.83. The van der Waals surface area contributed by atoms with Gasteiger partial charge in [-0.3, -0.25) is 20.4 Å². The number of amides is 2. The Labute approximate surface area is 127 Å². The van der Waals surface area contributed by atoms with Gasteiger partial charge >= 0.3 is 0 Å². The number of rotatable bonds is 5. The number of hydrogen-bond acceptors (Lipinski definition) is 3. The lowest BCUT2D eigenvalue weighted by atomic mass is 10.1. The molecule has 0 fully saturated rings. The molecule has 0 heterocycles. The van der Waals surface area contributed by atoms with Gasteiger partial charge in [-0.15, -0.1) is 0 Å². The van der Waals surface area contributed by atoms with E-state index in [1.807, 2.05) is 26.0 Å². The lowest BCUT2D eigenvalue weighted by molar-refractivity contribution is -0.133. The van der Waals surface area contributed by atoms with Crippen LogP contribution >= 0.6 is 15.9 Å². The van der Waals surface area contributed by atoms with Crippen LogP contribution in [0.15, 0.2) is 28.7 Å². The summed E-state index contributed by atoms with van der Waals surface area (Å²) >= 11 is 3.32. The standard InChI is InChI=1S/C14H19BrN2O3/c1-9(2)7-13(18)16-17-14(19)10(3)20-12-6-4-5-11(15)8-12/h4-6,8-10H,7H2,1-3H3,(H,16,18)(H,17,19)/t10-/m1/s1. The molecule has 1 rings (SSSR count). The molecule has 0 unspecified atom stereocenters. The fraction of sp³-hybridized carbons (Fsp3) is 0.429. The number of carbonyl (C=O) groups is 2. The molecule has 1 atom stereocenters. The molecule has 0 aliphatic carbocycles. The second-order valence-electron chi connectivity index (χ2n) is 4.85. The van der Waals surface area contributed by atoms with Crippen molar-refractivity contribution >= 4 is 27.7 Å². The molecule has 5 nitrogen and oxygen atoms in total. The predicted molar refractivity (Wildman–Crippen MR) is 80.0 cm³/mol. The van der Waals surface area contributed by atoms with Crippen LogP contribution in [0, 0.1) is 5.92 Å². The molecule has 0 saturated heterocycles. The van der Waals surface area contributed by atoms with Gasteiger partial charge in [0.1, 0.15) is 5.75 Å². The van der Waals surface area contributed by atoms with E-state index in [0.29, 0.717) is 12.2 Å². The maximum absolute atomic E-state index is 11.8. The highest BCUT2D eigenvalue weighted by atomic mass is 79.9. The summed E-state index contributed by atoms with van der Waals surface area (Å²) < 4.78 is 6.35. The van der Waals surface area contributed by atoms with Crippen molar-refractivity contribution in [2.45, 2.75) is 33.3 Å². The summed E-state index contributed by atoms with van der Waals surface area (Å²) in [5, 5.41) is 0. The monoisotopic (exact) mass is 342 g/mol. The highest BCUT2D eigenvalue weighted by Crippen LogP contribution is 2.18. The zero-order valence-electron chi connectivity index (χ0n) is 11.8. The van der Waals surface area contributed by atoms with Crippen molar-refractivity contribution < 1.29 is 14.3 Å². The normalized spacial score (nSPS) is 11.8. The van der Waals surface area contributed by atoms with Crippen LogP contribution in [0.5, 0.6) is 5.75 Å². The third-order valence-corrected chi connectivity index (χ3v) is 2.89. The molecule has 1 aromatic carbocycles. The molecule has 0 aromatic heterocycles. The average Bonchev–Trinajstić information content (AvgIpc) is 2.35. The van der Waals surface area contributed by atoms with Crippen LogP contribution in [-0.2, 0) is 9.59 Å². The molecule has 110 valence electrons. The smallest absolute Gasteiger partial charge is 0.279 e. The lowest BCUT2D eigenvalue weighted by Crippen LogP contribution is -2.47. The van der Waals surface area contributed by atoms with Crippen LogP contribution in [-0.4, -0.2) is 17.9 Å². The second-order valence-corrected chi connectivity index (χ2v) is 5.77. The summed E-state index contributed by atoms with van der Waals surface area (Å²) in [6.07, 6.45) is -0.343. The molecule has 20 heavy (non-hydrogen) atoms. The minimum absolute atomic E-state index is 0.219. The minimum atomic E-state index is -0.705. The van der Waals surface area contributed by atoms with Crippen molar-refractivity contribution in [3.05, 3.63) is 28.7 Å².